The van der Waals surface area contributed by atoms with Gasteiger partial charge in [-0.3, -0.25) is 4.79 Å². The summed E-state index contributed by atoms with van der Waals surface area (Å²) in [7, 11) is -2.55. The number of amides is 1. The lowest BCUT2D eigenvalue weighted by Gasteiger charge is -2.27. The number of ether oxygens (including phenoxy) is 1. The van der Waals surface area contributed by atoms with E-state index in [2.05, 4.69) is 20.5 Å². The van der Waals surface area contributed by atoms with Crippen molar-refractivity contribution in [3.63, 3.8) is 0 Å². The standard InChI is InChI=1S/C27H33BrFN3O4S/c1-3-4-15-31(20-25-6-5-16-30(25)19-22-7-9-23(28)10-8-22)27(33)21-32(17-18-36-2)37(34,35)26-13-11-24(29)12-14-26/h5-14,16H,3-4,15,17-21H2,1-2H3. The predicted octanol–water partition coefficient (Wildman–Crippen LogP) is 4.90. The Bertz CT molecular complexity index is 1250. The molecular weight excluding hydrogens is 561 g/mol. The number of hydrogen-bond donors (Lipinski definition) is 0. The molecule has 2 aromatic carbocycles. The normalized spacial score (nSPS) is 11.7. The zero-order chi connectivity index (χ0) is 26.8. The molecule has 0 saturated heterocycles. The molecule has 0 unspecified atom stereocenters. The van der Waals surface area contributed by atoms with Crippen molar-refractivity contribution in [1.82, 2.24) is 13.8 Å². The monoisotopic (exact) mass is 593 g/mol. The number of rotatable bonds is 14. The number of aromatic nitrogens is 1. The SMILES string of the molecule is CCCCN(Cc1cccn1Cc1ccc(Br)cc1)C(=O)CN(CCOC)S(=O)(=O)c1ccc(F)cc1. The van der Waals surface area contributed by atoms with Crippen molar-refractivity contribution < 1.29 is 22.3 Å². The van der Waals surface area contributed by atoms with Gasteiger partial charge in [0.25, 0.3) is 0 Å². The number of halogens is 2. The quantitative estimate of drug-likeness (QED) is 0.266. The highest BCUT2D eigenvalue weighted by atomic mass is 79.9. The molecule has 10 heteroatoms. The first-order valence-electron chi connectivity index (χ1n) is 12.2. The minimum Gasteiger partial charge on any atom is -0.383 e. The fraction of sp³-hybridized carbons (Fsp3) is 0.370. The van der Waals surface area contributed by atoms with Gasteiger partial charge < -0.3 is 14.2 Å². The van der Waals surface area contributed by atoms with Crippen molar-refractivity contribution in [1.29, 1.82) is 0 Å². The molecule has 3 aromatic rings. The largest absolute Gasteiger partial charge is 0.383 e. The number of hydrogen-bond acceptors (Lipinski definition) is 4. The second-order valence-electron chi connectivity index (χ2n) is 8.71. The Morgan fingerprint density at radius 2 is 1.76 bits per heavy atom. The van der Waals surface area contributed by atoms with Gasteiger partial charge in [0.1, 0.15) is 5.82 Å². The maximum atomic E-state index is 13.5. The van der Waals surface area contributed by atoms with Crippen molar-refractivity contribution in [2.24, 2.45) is 0 Å². The van der Waals surface area contributed by atoms with Crippen LogP contribution in [0, 0.1) is 5.82 Å². The summed E-state index contributed by atoms with van der Waals surface area (Å²) in [5.41, 5.74) is 2.08. The molecule has 7 nitrogen and oxygen atoms in total. The minimum absolute atomic E-state index is 0.00348. The zero-order valence-corrected chi connectivity index (χ0v) is 23.5. The third-order valence-corrected chi connectivity index (χ3v) is 8.37. The number of methoxy groups -OCH3 is 1. The molecule has 0 N–H and O–H groups in total. The van der Waals surface area contributed by atoms with Crippen molar-refractivity contribution in [3.05, 3.63) is 88.4 Å². The van der Waals surface area contributed by atoms with Gasteiger partial charge in [-0.05, 0) is 60.5 Å². The highest BCUT2D eigenvalue weighted by molar-refractivity contribution is 9.10. The van der Waals surface area contributed by atoms with Gasteiger partial charge in [-0.1, -0.05) is 41.4 Å². The van der Waals surface area contributed by atoms with Crippen LogP contribution >= 0.6 is 15.9 Å². The molecule has 3 rings (SSSR count). The van der Waals surface area contributed by atoms with Gasteiger partial charge in [-0.15, -0.1) is 0 Å². The molecule has 0 aliphatic carbocycles. The Morgan fingerprint density at radius 1 is 1.05 bits per heavy atom. The van der Waals surface area contributed by atoms with E-state index in [0.717, 1.165) is 45.0 Å². The van der Waals surface area contributed by atoms with E-state index < -0.39 is 15.8 Å². The smallest absolute Gasteiger partial charge is 0.243 e. The topological polar surface area (TPSA) is 71.9 Å². The summed E-state index contributed by atoms with van der Waals surface area (Å²) in [5, 5.41) is 0. The van der Waals surface area contributed by atoms with Crippen LogP contribution in [0.15, 0.2) is 76.2 Å². The summed E-state index contributed by atoms with van der Waals surface area (Å²) in [6.45, 7) is 3.36. The van der Waals surface area contributed by atoms with Crippen molar-refractivity contribution >= 4 is 31.9 Å². The summed E-state index contributed by atoms with van der Waals surface area (Å²) in [4.78, 5) is 15.1. The molecular formula is C27H33BrFN3O4S. The van der Waals surface area contributed by atoms with Crippen molar-refractivity contribution in [2.75, 3.05) is 33.4 Å². The van der Waals surface area contributed by atoms with Crippen LogP contribution in [0.3, 0.4) is 0 Å². The van der Waals surface area contributed by atoms with Crippen LogP contribution in [0.1, 0.15) is 31.0 Å². The van der Waals surface area contributed by atoms with Gasteiger partial charge in [-0.2, -0.15) is 4.31 Å². The summed E-state index contributed by atoms with van der Waals surface area (Å²) >= 11 is 3.46. The Balaban J connectivity index is 1.80. The number of nitrogens with zero attached hydrogens (tertiary/aromatic N) is 3. The van der Waals surface area contributed by atoms with E-state index >= 15 is 0 Å². The molecule has 0 atom stereocenters. The number of carbonyl (C=O) groups is 1. The second kappa shape index (κ2) is 13.9. The molecule has 0 spiro atoms. The van der Waals surface area contributed by atoms with Gasteiger partial charge in [0, 0.05) is 43.1 Å². The van der Waals surface area contributed by atoms with Gasteiger partial charge >= 0.3 is 0 Å². The number of benzene rings is 2. The van der Waals surface area contributed by atoms with Gasteiger partial charge in [0.15, 0.2) is 0 Å². The Hall–Kier alpha value is -2.53. The lowest BCUT2D eigenvalue weighted by atomic mass is 10.2. The summed E-state index contributed by atoms with van der Waals surface area (Å²) < 4.78 is 49.3. The van der Waals surface area contributed by atoms with Crippen LogP contribution in [0.5, 0.6) is 0 Å². The van der Waals surface area contributed by atoms with Crippen LogP contribution < -0.4 is 0 Å². The summed E-state index contributed by atoms with van der Waals surface area (Å²) in [5.74, 6) is -0.832. The van der Waals surface area contributed by atoms with Crippen LogP contribution in [-0.4, -0.2) is 61.4 Å². The summed E-state index contributed by atoms with van der Waals surface area (Å²) in [6, 6.07) is 16.6. The van der Waals surface area contributed by atoms with Crippen LogP contribution in [0.2, 0.25) is 0 Å². The van der Waals surface area contributed by atoms with Gasteiger partial charge in [0.05, 0.1) is 24.6 Å². The van der Waals surface area contributed by atoms with E-state index in [1.807, 2.05) is 49.5 Å². The molecule has 1 amide bonds. The fourth-order valence-electron chi connectivity index (χ4n) is 3.85. The highest BCUT2D eigenvalue weighted by Gasteiger charge is 2.28. The van der Waals surface area contributed by atoms with E-state index in [1.165, 1.54) is 19.2 Å². The first-order valence-corrected chi connectivity index (χ1v) is 14.4. The first kappa shape index (κ1) is 29.0. The average molecular weight is 595 g/mol. The fourth-order valence-corrected chi connectivity index (χ4v) is 5.49. The van der Waals surface area contributed by atoms with Gasteiger partial charge in [0.2, 0.25) is 15.9 Å². The molecule has 0 bridgehead atoms. The first-order chi connectivity index (χ1) is 17.7. The van der Waals surface area contributed by atoms with Crippen LogP contribution in [0.4, 0.5) is 4.39 Å². The third kappa shape index (κ3) is 8.23. The maximum Gasteiger partial charge on any atom is 0.243 e. The molecule has 200 valence electrons. The Labute approximate surface area is 227 Å². The van der Waals surface area contributed by atoms with Gasteiger partial charge in [-0.25, -0.2) is 12.8 Å². The van der Waals surface area contributed by atoms with E-state index in [4.69, 9.17) is 4.74 Å². The van der Waals surface area contributed by atoms with Crippen LogP contribution in [0.25, 0.3) is 0 Å². The van der Waals surface area contributed by atoms with Crippen LogP contribution in [-0.2, 0) is 32.6 Å². The molecule has 0 aliphatic heterocycles. The van der Waals surface area contributed by atoms with Crippen molar-refractivity contribution in [3.8, 4) is 0 Å². The van der Waals surface area contributed by atoms with E-state index in [0.29, 0.717) is 19.6 Å². The molecule has 0 fully saturated rings. The lowest BCUT2D eigenvalue weighted by molar-refractivity contribution is -0.132. The molecule has 0 saturated carbocycles. The van der Waals surface area contributed by atoms with Crippen molar-refractivity contribution in [2.45, 2.75) is 37.8 Å². The summed E-state index contributed by atoms with van der Waals surface area (Å²) in [6.07, 6.45) is 3.66. The van der Waals surface area contributed by atoms with E-state index in [-0.39, 0.29) is 30.5 Å². The number of unbranched alkanes of at least 4 members (excludes halogenated alkanes) is 1. The number of carbonyl (C=O) groups excluding carboxylic acids is 1. The zero-order valence-electron chi connectivity index (χ0n) is 21.1. The molecule has 37 heavy (non-hydrogen) atoms. The second-order valence-corrected chi connectivity index (χ2v) is 11.6. The molecule has 1 aromatic heterocycles. The Kier molecular flexibility index (Phi) is 10.9. The Morgan fingerprint density at radius 3 is 2.41 bits per heavy atom. The maximum absolute atomic E-state index is 13.5. The predicted molar refractivity (Wildman–Crippen MR) is 145 cm³/mol. The number of sulfonamides is 1. The molecule has 1 heterocycles. The highest BCUT2D eigenvalue weighted by Crippen LogP contribution is 2.18. The molecule has 0 aliphatic rings. The minimum atomic E-state index is -4.02. The van der Waals surface area contributed by atoms with E-state index in [9.17, 15) is 17.6 Å². The average Bonchev–Trinajstić information content (AvgIpc) is 3.32. The molecule has 0 radical (unpaired) electrons. The lowest BCUT2D eigenvalue weighted by Crippen LogP contribution is -2.44. The third-order valence-electron chi connectivity index (χ3n) is 5.98. The van der Waals surface area contributed by atoms with E-state index in [1.54, 1.807) is 4.90 Å².